The van der Waals surface area contributed by atoms with Crippen molar-refractivity contribution in [2.75, 3.05) is 26.9 Å². The average molecular weight is 230 g/mol. The van der Waals surface area contributed by atoms with Gasteiger partial charge in [0.05, 0.1) is 25.9 Å². The molecule has 0 saturated heterocycles. The van der Waals surface area contributed by atoms with E-state index in [2.05, 4.69) is 6.58 Å². The molecular weight excluding hydrogens is 208 g/mol. The molecule has 16 heavy (non-hydrogen) atoms. The molecule has 0 aromatic rings. The van der Waals surface area contributed by atoms with Crippen LogP contribution >= 0.6 is 0 Å². The number of esters is 1. The Bertz CT molecular complexity index is 225. The Morgan fingerprint density at radius 1 is 1.25 bits per heavy atom. The van der Waals surface area contributed by atoms with E-state index in [9.17, 15) is 4.79 Å². The van der Waals surface area contributed by atoms with E-state index in [1.54, 1.807) is 14.0 Å². The minimum absolute atomic E-state index is 0.0595. The molecule has 0 saturated carbocycles. The van der Waals surface area contributed by atoms with Gasteiger partial charge in [-0.3, -0.25) is 0 Å². The molecule has 4 nitrogen and oxygen atoms in total. The highest BCUT2D eigenvalue weighted by molar-refractivity contribution is 5.86. The van der Waals surface area contributed by atoms with E-state index in [-0.39, 0.29) is 18.0 Å². The fourth-order valence-corrected chi connectivity index (χ4v) is 1.00. The number of hydrogen-bond donors (Lipinski definition) is 0. The standard InChI is InChI=1S/C12H22O4/c1-9(2)12(13)16-7-10(3)6-15-11(4)8-14-5/h10-11H,1,6-8H2,2-5H3. The third-order valence-electron chi connectivity index (χ3n) is 1.91. The molecule has 0 aliphatic heterocycles. The molecule has 0 aliphatic carbocycles. The minimum atomic E-state index is -0.350. The van der Waals surface area contributed by atoms with Gasteiger partial charge < -0.3 is 14.2 Å². The highest BCUT2D eigenvalue weighted by atomic mass is 16.5. The molecule has 0 fully saturated rings. The Kier molecular flexibility index (Phi) is 7.85. The highest BCUT2D eigenvalue weighted by Crippen LogP contribution is 2.02. The van der Waals surface area contributed by atoms with Gasteiger partial charge in [-0.15, -0.1) is 0 Å². The quantitative estimate of drug-likeness (QED) is 0.471. The summed E-state index contributed by atoms with van der Waals surface area (Å²) in [4.78, 5) is 11.1. The summed E-state index contributed by atoms with van der Waals surface area (Å²) in [6, 6.07) is 0. The van der Waals surface area contributed by atoms with Crippen LogP contribution in [0.15, 0.2) is 12.2 Å². The molecule has 0 aromatic carbocycles. The first-order chi connectivity index (χ1) is 7.47. The van der Waals surface area contributed by atoms with Crippen LogP contribution in [0.4, 0.5) is 0 Å². The molecule has 94 valence electrons. The first-order valence-electron chi connectivity index (χ1n) is 5.40. The average Bonchev–Trinajstić information content (AvgIpc) is 2.23. The second-order valence-corrected chi connectivity index (χ2v) is 4.08. The SMILES string of the molecule is C=C(C)C(=O)OCC(C)COC(C)COC. The van der Waals surface area contributed by atoms with E-state index in [0.717, 1.165) is 0 Å². The molecular formula is C12H22O4. The molecule has 2 unspecified atom stereocenters. The van der Waals surface area contributed by atoms with Gasteiger partial charge in [-0.05, 0) is 13.8 Å². The lowest BCUT2D eigenvalue weighted by atomic mass is 10.2. The lowest BCUT2D eigenvalue weighted by molar-refractivity contribution is -0.141. The van der Waals surface area contributed by atoms with Crippen LogP contribution in [-0.2, 0) is 19.0 Å². The molecule has 0 bridgehead atoms. The molecule has 2 atom stereocenters. The van der Waals surface area contributed by atoms with E-state index in [1.165, 1.54) is 0 Å². The second kappa shape index (κ2) is 8.30. The van der Waals surface area contributed by atoms with Crippen molar-refractivity contribution in [1.29, 1.82) is 0 Å². The topological polar surface area (TPSA) is 44.8 Å². The summed E-state index contributed by atoms with van der Waals surface area (Å²) < 4.78 is 15.4. The molecule has 0 N–H and O–H groups in total. The molecule has 0 rings (SSSR count). The van der Waals surface area contributed by atoms with E-state index >= 15 is 0 Å². The number of hydrogen-bond acceptors (Lipinski definition) is 4. The van der Waals surface area contributed by atoms with Gasteiger partial charge in [0, 0.05) is 18.6 Å². The lowest BCUT2D eigenvalue weighted by Gasteiger charge is -2.16. The zero-order valence-electron chi connectivity index (χ0n) is 10.6. The maximum absolute atomic E-state index is 11.1. The zero-order chi connectivity index (χ0) is 12.6. The van der Waals surface area contributed by atoms with Gasteiger partial charge in [0.1, 0.15) is 0 Å². The summed E-state index contributed by atoms with van der Waals surface area (Å²) in [5, 5.41) is 0. The van der Waals surface area contributed by atoms with Crippen LogP contribution in [-0.4, -0.2) is 39.0 Å². The van der Waals surface area contributed by atoms with E-state index in [0.29, 0.717) is 25.4 Å². The van der Waals surface area contributed by atoms with Crippen LogP contribution in [0.25, 0.3) is 0 Å². The molecule has 0 amide bonds. The van der Waals surface area contributed by atoms with Crippen LogP contribution in [0.5, 0.6) is 0 Å². The van der Waals surface area contributed by atoms with Gasteiger partial charge >= 0.3 is 5.97 Å². The summed E-state index contributed by atoms with van der Waals surface area (Å²) in [5.41, 5.74) is 0.417. The van der Waals surface area contributed by atoms with Crippen LogP contribution in [0.3, 0.4) is 0 Å². The van der Waals surface area contributed by atoms with Crippen molar-refractivity contribution in [3.8, 4) is 0 Å². The Morgan fingerprint density at radius 2 is 1.88 bits per heavy atom. The minimum Gasteiger partial charge on any atom is -0.462 e. The maximum atomic E-state index is 11.1. The van der Waals surface area contributed by atoms with Crippen LogP contribution in [0.2, 0.25) is 0 Å². The van der Waals surface area contributed by atoms with Crippen molar-refractivity contribution in [3.63, 3.8) is 0 Å². The van der Waals surface area contributed by atoms with E-state index in [4.69, 9.17) is 14.2 Å². The van der Waals surface area contributed by atoms with Gasteiger partial charge in [-0.1, -0.05) is 13.5 Å². The molecule has 4 heteroatoms. The normalized spacial score (nSPS) is 14.2. The second-order valence-electron chi connectivity index (χ2n) is 4.08. The summed E-state index contributed by atoms with van der Waals surface area (Å²) in [6.07, 6.45) is 0.0595. The molecule has 0 heterocycles. The summed E-state index contributed by atoms with van der Waals surface area (Å²) in [5.74, 6) is -0.181. The molecule has 0 aromatic heterocycles. The third-order valence-corrected chi connectivity index (χ3v) is 1.91. The van der Waals surface area contributed by atoms with Crippen molar-refractivity contribution in [3.05, 3.63) is 12.2 Å². The fraction of sp³-hybridized carbons (Fsp3) is 0.750. The van der Waals surface area contributed by atoms with Crippen molar-refractivity contribution >= 4 is 5.97 Å². The van der Waals surface area contributed by atoms with Gasteiger partial charge in [0.25, 0.3) is 0 Å². The molecule has 0 aliphatic rings. The Hall–Kier alpha value is -0.870. The monoisotopic (exact) mass is 230 g/mol. The number of ether oxygens (including phenoxy) is 3. The number of carbonyl (C=O) groups excluding carboxylic acids is 1. The molecule has 0 radical (unpaired) electrons. The number of rotatable bonds is 8. The van der Waals surface area contributed by atoms with E-state index < -0.39 is 0 Å². The first-order valence-corrected chi connectivity index (χ1v) is 5.40. The predicted octanol–water partition coefficient (Wildman–Crippen LogP) is 1.79. The van der Waals surface area contributed by atoms with Crippen molar-refractivity contribution < 1.29 is 19.0 Å². The maximum Gasteiger partial charge on any atom is 0.333 e. The fourth-order valence-electron chi connectivity index (χ4n) is 1.00. The van der Waals surface area contributed by atoms with Crippen LogP contribution in [0.1, 0.15) is 20.8 Å². The smallest absolute Gasteiger partial charge is 0.333 e. The predicted molar refractivity (Wildman–Crippen MR) is 62.2 cm³/mol. The first kappa shape index (κ1) is 15.1. The van der Waals surface area contributed by atoms with Gasteiger partial charge in [0.2, 0.25) is 0 Å². The van der Waals surface area contributed by atoms with Gasteiger partial charge in [-0.2, -0.15) is 0 Å². The Morgan fingerprint density at radius 3 is 2.38 bits per heavy atom. The largest absolute Gasteiger partial charge is 0.462 e. The Labute approximate surface area is 97.6 Å². The van der Waals surface area contributed by atoms with Crippen molar-refractivity contribution in [1.82, 2.24) is 0 Å². The summed E-state index contributed by atoms with van der Waals surface area (Å²) >= 11 is 0. The van der Waals surface area contributed by atoms with Crippen LogP contribution in [0, 0.1) is 5.92 Å². The third kappa shape index (κ3) is 7.43. The number of carbonyl (C=O) groups is 1. The number of methoxy groups -OCH3 is 1. The lowest BCUT2D eigenvalue weighted by Crippen LogP contribution is -2.22. The zero-order valence-corrected chi connectivity index (χ0v) is 10.6. The van der Waals surface area contributed by atoms with Gasteiger partial charge in [-0.25, -0.2) is 4.79 Å². The van der Waals surface area contributed by atoms with Crippen molar-refractivity contribution in [2.24, 2.45) is 5.92 Å². The highest BCUT2D eigenvalue weighted by Gasteiger charge is 2.10. The van der Waals surface area contributed by atoms with Crippen molar-refractivity contribution in [2.45, 2.75) is 26.9 Å². The summed E-state index contributed by atoms with van der Waals surface area (Å²) in [6.45, 7) is 10.5. The molecule has 0 spiro atoms. The Balaban J connectivity index is 3.62. The van der Waals surface area contributed by atoms with E-state index in [1.807, 2.05) is 13.8 Å². The van der Waals surface area contributed by atoms with Gasteiger partial charge in [0.15, 0.2) is 0 Å². The van der Waals surface area contributed by atoms with Crippen LogP contribution < -0.4 is 0 Å². The summed E-state index contributed by atoms with van der Waals surface area (Å²) in [7, 11) is 1.64.